The van der Waals surface area contributed by atoms with Crippen molar-refractivity contribution in [3.05, 3.63) is 54.0 Å². The minimum atomic E-state index is -1.38. The fourth-order valence-corrected chi connectivity index (χ4v) is 5.12. The van der Waals surface area contributed by atoms with Crippen LogP contribution in [0.15, 0.2) is 47.5 Å². The van der Waals surface area contributed by atoms with Crippen molar-refractivity contribution in [3.63, 3.8) is 0 Å². The molecular weight excluding hydrogens is 503 g/mol. The molecule has 3 aromatic rings. The van der Waals surface area contributed by atoms with Crippen molar-refractivity contribution < 1.29 is 33.7 Å². The van der Waals surface area contributed by atoms with Gasteiger partial charge in [0, 0.05) is 34.6 Å². The first-order valence-electron chi connectivity index (χ1n) is 11.6. The van der Waals surface area contributed by atoms with Crippen LogP contribution in [-0.4, -0.2) is 71.5 Å². The SMILES string of the molecule is COc1ccc2ncc(F)c(CNC[C@H](O)[C@@H](O)[C@@H]3CN(c4ccc5c(c4)NC(=O)CS5)C(=O)O3)c2c1. The number of halogens is 1. The lowest BCUT2D eigenvalue weighted by atomic mass is 10.1. The van der Waals surface area contributed by atoms with Crippen molar-refractivity contribution in [1.82, 2.24) is 10.3 Å². The maximum Gasteiger partial charge on any atom is 0.414 e. The van der Waals surface area contributed by atoms with Gasteiger partial charge in [-0.2, -0.15) is 0 Å². The Morgan fingerprint density at radius 2 is 2.14 bits per heavy atom. The van der Waals surface area contributed by atoms with E-state index in [9.17, 15) is 24.2 Å². The smallest absolute Gasteiger partial charge is 0.414 e. The van der Waals surface area contributed by atoms with Gasteiger partial charge in [0.25, 0.3) is 0 Å². The highest BCUT2D eigenvalue weighted by Gasteiger charge is 2.39. The van der Waals surface area contributed by atoms with Gasteiger partial charge in [0.1, 0.15) is 17.7 Å². The molecule has 5 rings (SSSR count). The summed E-state index contributed by atoms with van der Waals surface area (Å²) in [5.41, 5.74) is 2.05. The van der Waals surface area contributed by atoms with Crippen molar-refractivity contribution in [2.24, 2.45) is 0 Å². The molecule has 12 heteroatoms. The quantitative estimate of drug-likeness (QED) is 0.347. The number of aromatic nitrogens is 1. The Bertz CT molecular complexity index is 1360. The van der Waals surface area contributed by atoms with Crippen LogP contribution in [0, 0.1) is 5.82 Å². The van der Waals surface area contributed by atoms with Gasteiger partial charge < -0.3 is 30.3 Å². The molecule has 0 bridgehead atoms. The highest BCUT2D eigenvalue weighted by atomic mass is 32.2. The lowest BCUT2D eigenvalue weighted by Crippen LogP contribution is -2.44. The van der Waals surface area contributed by atoms with Crippen LogP contribution in [0.4, 0.5) is 20.6 Å². The molecule has 0 aliphatic carbocycles. The van der Waals surface area contributed by atoms with Gasteiger partial charge in [0.05, 0.1) is 42.9 Å². The molecule has 2 amide bonds. The van der Waals surface area contributed by atoms with Gasteiger partial charge in [-0.1, -0.05) is 0 Å². The summed E-state index contributed by atoms with van der Waals surface area (Å²) in [6.45, 7) is 0.00211. The number of fused-ring (bicyclic) bond motifs is 2. The van der Waals surface area contributed by atoms with Crippen LogP contribution in [-0.2, 0) is 16.1 Å². The molecule has 3 atom stereocenters. The van der Waals surface area contributed by atoms with Gasteiger partial charge in [-0.3, -0.25) is 14.7 Å². The Balaban J connectivity index is 1.21. The van der Waals surface area contributed by atoms with Crippen LogP contribution in [0.2, 0.25) is 0 Å². The van der Waals surface area contributed by atoms with E-state index in [1.165, 1.54) is 23.8 Å². The number of methoxy groups -OCH3 is 1. The van der Waals surface area contributed by atoms with Crippen LogP contribution < -0.4 is 20.3 Å². The van der Waals surface area contributed by atoms with E-state index in [0.29, 0.717) is 39.3 Å². The monoisotopic (exact) mass is 528 g/mol. The van der Waals surface area contributed by atoms with Crippen molar-refractivity contribution in [2.75, 3.05) is 36.2 Å². The van der Waals surface area contributed by atoms with Crippen molar-refractivity contribution in [2.45, 2.75) is 29.8 Å². The summed E-state index contributed by atoms with van der Waals surface area (Å²) < 4.78 is 25.1. The predicted molar refractivity (Wildman–Crippen MR) is 135 cm³/mol. The predicted octanol–water partition coefficient (Wildman–Crippen LogP) is 2.26. The Morgan fingerprint density at radius 3 is 2.95 bits per heavy atom. The van der Waals surface area contributed by atoms with Gasteiger partial charge in [0.2, 0.25) is 5.91 Å². The molecule has 0 radical (unpaired) electrons. The highest BCUT2D eigenvalue weighted by Crippen LogP contribution is 2.35. The van der Waals surface area contributed by atoms with E-state index in [2.05, 4.69) is 15.6 Å². The normalized spacial score (nSPS) is 18.8. The first kappa shape index (κ1) is 25.2. The summed E-state index contributed by atoms with van der Waals surface area (Å²) >= 11 is 1.41. The molecule has 2 aromatic carbocycles. The molecule has 37 heavy (non-hydrogen) atoms. The number of pyridine rings is 1. The summed E-state index contributed by atoms with van der Waals surface area (Å²) in [7, 11) is 1.52. The summed E-state index contributed by atoms with van der Waals surface area (Å²) in [6.07, 6.45) is -3.18. The van der Waals surface area contributed by atoms with Gasteiger partial charge in [-0.25, -0.2) is 9.18 Å². The number of cyclic esters (lactones) is 1. The summed E-state index contributed by atoms with van der Waals surface area (Å²) in [6, 6.07) is 10.4. The van der Waals surface area contributed by atoms with Gasteiger partial charge in [-0.15, -0.1) is 11.8 Å². The second-order valence-corrected chi connectivity index (χ2v) is 9.72. The average Bonchev–Trinajstić information content (AvgIpc) is 3.29. The fourth-order valence-electron chi connectivity index (χ4n) is 4.33. The first-order chi connectivity index (χ1) is 17.8. The van der Waals surface area contributed by atoms with Crippen LogP contribution >= 0.6 is 11.8 Å². The zero-order valence-electron chi connectivity index (χ0n) is 19.8. The lowest BCUT2D eigenvalue weighted by molar-refractivity contribution is -0.113. The van der Waals surface area contributed by atoms with Crippen molar-refractivity contribution in [3.8, 4) is 5.75 Å². The van der Waals surface area contributed by atoms with Crippen molar-refractivity contribution >= 4 is 46.0 Å². The minimum Gasteiger partial charge on any atom is -0.497 e. The van der Waals surface area contributed by atoms with Crippen molar-refractivity contribution in [1.29, 1.82) is 0 Å². The lowest BCUT2D eigenvalue weighted by Gasteiger charge is -2.23. The molecule has 1 fully saturated rings. The van der Waals surface area contributed by atoms with Crippen LogP contribution in [0.3, 0.4) is 0 Å². The molecule has 2 aliphatic heterocycles. The summed E-state index contributed by atoms with van der Waals surface area (Å²) in [5.74, 6) is 0.255. The molecule has 1 aromatic heterocycles. The maximum absolute atomic E-state index is 14.5. The Kier molecular flexibility index (Phi) is 7.15. The van der Waals surface area contributed by atoms with E-state index < -0.39 is 30.2 Å². The first-order valence-corrected chi connectivity index (χ1v) is 12.6. The third kappa shape index (κ3) is 5.18. The second kappa shape index (κ2) is 10.5. The fraction of sp³-hybridized carbons (Fsp3) is 0.320. The third-order valence-corrected chi connectivity index (χ3v) is 7.38. The number of aliphatic hydroxyl groups excluding tert-OH is 2. The van der Waals surface area contributed by atoms with Crippen LogP contribution in [0.5, 0.6) is 5.75 Å². The molecule has 3 heterocycles. The van der Waals surface area contributed by atoms with E-state index in [4.69, 9.17) is 9.47 Å². The molecule has 194 valence electrons. The number of amides is 2. The number of benzene rings is 2. The number of anilines is 2. The molecule has 0 spiro atoms. The third-order valence-electron chi connectivity index (χ3n) is 6.31. The number of aliphatic hydroxyl groups is 2. The molecule has 10 nitrogen and oxygen atoms in total. The molecule has 0 saturated carbocycles. The van der Waals surface area contributed by atoms with Gasteiger partial charge in [0.15, 0.2) is 6.10 Å². The Labute approximate surface area is 215 Å². The summed E-state index contributed by atoms with van der Waals surface area (Å²) in [4.78, 5) is 30.5. The molecule has 1 saturated heterocycles. The Hall–Kier alpha value is -3.45. The number of thioether (sulfide) groups is 1. The maximum atomic E-state index is 14.5. The van der Waals surface area contributed by atoms with E-state index in [1.54, 1.807) is 30.3 Å². The van der Waals surface area contributed by atoms with Gasteiger partial charge >= 0.3 is 6.09 Å². The number of nitrogens with one attached hydrogen (secondary N) is 2. The molecular formula is C25H25FN4O6S. The topological polar surface area (TPSA) is 133 Å². The van der Waals surface area contributed by atoms with E-state index in [1.807, 2.05) is 6.07 Å². The number of nitrogens with zero attached hydrogens (tertiary/aromatic N) is 2. The van der Waals surface area contributed by atoms with E-state index >= 15 is 0 Å². The summed E-state index contributed by atoms with van der Waals surface area (Å²) in [5, 5.41) is 27.5. The highest BCUT2D eigenvalue weighted by molar-refractivity contribution is 8.00. The standard InChI is InChI=1S/C25H25FN4O6S/c1-35-14-3-4-18-15(7-14)16(17(26)9-28-18)8-27-10-20(31)24(33)21-11-30(25(34)36-21)13-2-5-22-19(6-13)29-23(32)12-37-22/h2-7,9,20-21,24,27,31,33H,8,10-12H2,1H3,(H,29,32)/t20-,21-,24+/m0/s1. The Morgan fingerprint density at radius 1 is 1.30 bits per heavy atom. The zero-order chi connectivity index (χ0) is 26.1. The molecule has 0 unspecified atom stereocenters. The number of carbonyl (C=O) groups is 2. The number of rotatable bonds is 8. The number of ether oxygens (including phenoxy) is 2. The number of hydrogen-bond donors (Lipinski definition) is 4. The van der Waals surface area contributed by atoms with Crippen LogP contribution in [0.1, 0.15) is 5.56 Å². The van der Waals surface area contributed by atoms with Crippen LogP contribution in [0.25, 0.3) is 10.9 Å². The van der Waals surface area contributed by atoms with Gasteiger partial charge in [-0.05, 0) is 36.4 Å². The second-order valence-electron chi connectivity index (χ2n) is 8.71. The molecule has 4 N–H and O–H groups in total. The van der Waals surface area contributed by atoms with E-state index in [-0.39, 0.29) is 25.5 Å². The zero-order valence-corrected chi connectivity index (χ0v) is 20.6. The minimum absolute atomic E-state index is 0.0142. The number of carbonyl (C=O) groups excluding carboxylic acids is 2. The average molecular weight is 529 g/mol. The van der Waals surface area contributed by atoms with E-state index in [0.717, 1.165) is 11.1 Å². The largest absolute Gasteiger partial charge is 0.497 e. The molecule has 2 aliphatic rings. The number of hydrogen-bond acceptors (Lipinski definition) is 9.